The Morgan fingerprint density at radius 3 is 2.50 bits per heavy atom. The Kier molecular flexibility index (Phi) is 4.97. The van der Waals surface area contributed by atoms with Gasteiger partial charge in [0.15, 0.2) is 0 Å². The van der Waals surface area contributed by atoms with Crippen LogP contribution in [0.15, 0.2) is 35.3 Å². The topological polar surface area (TPSA) is 37.0 Å². The molecule has 1 aliphatic carbocycles. The van der Waals surface area contributed by atoms with Crippen molar-refractivity contribution in [3.8, 4) is 11.5 Å². The third kappa shape index (κ3) is 2.78. The van der Waals surface area contributed by atoms with Crippen LogP contribution in [0.25, 0.3) is 0 Å². The molecule has 1 spiro atoms. The molecular formula is C25H35N3O2. The first-order valence-corrected chi connectivity index (χ1v) is 11.6. The fraction of sp³-hybridized carbons (Fsp3) is 0.600. The molecule has 0 amide bonds. The molecule has 3 fully saturated rings. The van der Waals surface area contributed by atoms with Gasteiger partial charge in [-0.25, -0.2) is 0 Å². The van der Waals surface area contributed by atoms with Gasteiger partial charge >= 0.3 is 0 Å². The zero-order valence-corrected chi connectivity index (χ0v) is 18.9. The number of hydrogen-bond donors (Lipinski definition) is 1. The van der Waals surface area contributed by atoms with Crippen LogP contribution in [0.5, 0.6) is 11.5 Å². The Bertz CT molecular complexity index is 892. The number of fused-ring (bicyclic) bond motifs is 3. The number of ether oxygens (including phenoxy) is 2. The van der Waals surface area contributed by atoms with Gasteiger partial charge in [0, 0.05) is 36.3 Å². The minimum Gasteiger partial charge on any atom is -0.497 e. The Hall–Kier alpha value is -2.14. The lowest BCUT2D eigenvalue weighted by Crippen LogP contribution is -2.51. The van der Waals surface area contributed by atoms with E-state index in [1.807, 2.05) is 6.07 Å². The normalized spacial score (nSPS) is 24.8. The molecule has 0 bridgehead atoms. The Balaban J connectivity index is 1.70. The van der Waals surface area contributed by atoms with Gasteiger partial charge in [-0.1, -0.05) is 13.0 Å². The standard InChI is InChI=1S/C25H35N3O2/c1-5-28-24(18-7-6-8-18)27-16-19-14-20(29-3)15-21(30-4)23(19)17(2)13-22(27)25(28)9-11-26-12-10-25/h13-15,17,26H,5-12,16H2,1-4H3. The quantitative estimate of drug-likeness (QED) is 0.803. The number of benzene rings is 1. The van der Waals surface area contributed by atoms with Gasteiger partial charge in [0.1, 0.15) is 17.3 Å². The monoisotopic (exact) mass is 409 g/mol. The van der Waals surface area contributed by atoms with Crippen molar-refractivity contribution in [1.29, 1.82) is 0 Å². The lowest BCUT2D eigenvalue weighted by atomic mass is 9.82. The number of allylic oxidation sites excluding steroid dienone is 2. The molecule has 3 aliphatic heterocycles. The van der Waals surface area contributed by atoms with E-state index in [4.69, 9.17) is 9.47 Å². The second-order valence-electron chi connectivity index (χ2n) is 9.14. The molecule has 1 N–H and O–H groups in total. The minimum atomic E-state index is 0.117. The largest absolute Gasteiger partial charge is 0.497 e. The summed E-state index contributed by atoms with van der Waals surface area (Å²) in [5.74, 6) is 3.62. The molecule has 2 saturated heterocycles. The average molecular weight is 410 g/mol. The lowest BCUT2D eigenvalue weighted by Gasteiger charge is -2.43. The van der Waals surface area contributed by atoms with Crippen LogP contribution >= 0.6 is 0 Å². The highest BCUT2D eigenvalue weighted by atomic mass is 16.5. The van der Waals surface area contributed by atoms with Crippen molar-refractivity contribution in [2.24, 2.45) is 0 Å². The molecule has 1 unspecified atom stereocenters. The summed E-state index contributed by atoms with van der Waals surface area (Å²) in [5.41, 5.74) is 5.91. The maximum atomic E-state index is 5.83. The summed E-state index contributed by atoms with van der Waals surface area (Å²) in [5, 5.41) is 3.60. The zero-order valence-electron chi connectivity index (χ0n) is 18.9. The number of nitrogens with one attached hydrogen (secondary N) is 1. The van der Waals surface area contributed by atoms with Crippen LogP contribution in [0.3, 0.4) is 0 Å². The predicted octanol–water partition coefficient (Wildman–Crippen LogP) is 4.36. The van der Waals surface area contributed by atoms with Crippen LogP contribution in [-0.2, 0) is 6.54 Å². The molecule has 5 heteroatoms. The van der Waals surface area contributed by atoms with Crippen LogP contribution in [0, 0.1) is 0 Å². The van der Waals surface area contributed by atoms with E-state index in [2.05, 4.69) is 41.1 Å². The number of hydrogen-bond acceptors (Lipinski definition) is 5. The average Bonchev–Trinajstić information content (AvgIpc) is 2.85. The molecule has 1 saturated carbocycles. The molecule has 5 nitrogen and oxygen atoms in total. The number of rotatable bonds is 3. The number of methoxy groups -OCH3 is 2. The van der Waals surface area contributed by atoms with Gasteiger partial charge < -0.3 is 24.6 Å². The van der Waals surface area contributed by atoms with E-state index in [-0.39, 0.29) is 5.54 Å². The predicted molar refractivity (Wildman–Crippen MR) is 120 cm³/mol. The molecule has 1 atom stereocenters. The summed E-state index contributed by atoms with van der Waals surface area (Å²) >= 11 is 0. The van der Waals surface area contributed by atoms with Gasteiger partial charge in [-0.15, -0.1) is 0 Å². The van der Waals surface area contributed by atoms with Gasteiger partial charge in [0.25, 0.3) is 0 Å². The smallest absolute Gasteiger partial charge is 0.126 e. The first-order valence-electron chi connectivity index (χ1n) is 11.6. The van der Waals surface area contributed by atoms with E-state index < -0.39 is 0 Å². The molecule has 5 rings (SSSR count). The number of nitrogens with zero attached hydrogens (tertiary/aromatic N) is 2. The lowest BCUT2D eigenvalue weighted by molar-refractivity contribution is 0.154. The highest BCUT2D eigenvalue weighted by Crippen LogP contribution is 2.53. The summed E-state index contributed by atoms with van der Waals surface area (Å²) in [6, 6.07) is 4.26. The first kappa shape index (κ1) is 19.8. The van der Waals surface area contributed by atoms with E-state index in [0.717, 1.165) is 37.7 Å². The van der Waals surface area contributed by atoms with Crippen LogP contribution in [0.1, 0.15) is 63.0 Å². The summed E-state index contributed by atoms with van der Waals surface area (Å²) in [7, 11) is 3.52. The van der Waals surface area contributed by atoms with E-state index in [9.17, 15) is 0 Å². The molecule has 0 radical (unpaired) electrons. The van der Waals surface area contributed by atoms with E-state index >= 15 is 0 Å². The van der Waals surface area contributed by atoms with Gasteiger partial charge in [-0.2, -0.15) is 0 Å². The fourth-order valence-corrected chi connectivity index (χ4v) is 6.12. The SMILES string of the molecule is CCN1C(=C2CCC2)N2Cc3cc(OC)cc(OC)c3C(C)C=C2C12CCNCC2. The third-order valence-corrected chi connectivity index (χ3v) is 7.66. The second kappa shape index (κ2) is 7.52. The number of piperidine rings is 1. The molecule has 30 heavy (non-hydrogen) atoms. The van der Waals surface area contributed by atoms with E-state index in [0.29, 0.717) is 5.92 Å². The molecule has 3 heterocycles. The molecular weight excluding hydrogens is 374 g/mol. The van der Waals surface area contributed by atoms with Crippen LogP contribution in [0.4, 0.5) is 0 Å². The second-order valence-corrected chi connectivity index (χ2v) is 9.14. The van der Waals surface area contributed by atoms with Gasteiger partial charge in [0.2, 0.25) is 0 Å². The van der Waals surface area contributed by atoms with Crippen molar-refractivity contribution < 1.29 is 9.47 Å². The number of likely N-dealkylation sites (N-methyl/N-ethyl adjacent to an activating group) is 1. The summed E-state index contributed by atoms with van der Waals surface area (Å²) in [4.78, 5) is 5.41. The van der Waals surface area contributed by atoms with Crippen LogP contribution < -0.4 is 14.8 Å². The summed E-state index contributed by atoms with van der Waals surface area (Å²) < 4.78 is 11.5. The first-order chi connectivity index (χ1) is 14.6. The Morgan fingerprint density at radius 2 is 1.90 bits per heavy atom. The molecule has 0 aromatic heterocycles. The highest BCUT2D eigenvalue weighted by Gasteiger charge is 2.52. The van der Waals surface area contributed by atoms with Crippen LogP contribution in [0.2, 0.25) is 0 Å². The van der Waals surface area contributed by atoms with Gasteiger partial charge in [-0.3, -0.25) is 0 Å². The van der Waals surface area contributed by atoms with Crippen LogP contribution in [-0.4, -0.2) is 49.2 Å². The summed E-state index contributed by atoms with van der Waals surface area (Å²) in [6.07, 6.45) is 8.70. The van der Waals surface area contributed by atoms with Crippen molar-refractivity contribution >= 4 is 0 Å². The maximum Gasteiger partial charge on any atom is 0.126 e. The third-order valence-electron chi connectivity index (χ3n) is 7.66. The highest BCUT2D eigenvalue weighted by molar-refractivity contribution is 5.53. The van der Waals surface area contributed by atoms with Crippen molar-refractivity contribution in [3.05, 3.63) is 46.4 Å². The van der Waals surface area contributed by atoms with E-state index in [1.54, 1.807) is 19.8 Å². The minimum absolute atomic E-state index is 0.117. The molecule has 4 aliphatic rings. The molecule has 1 aromatic carbocycles. The van der Waals surface area contributed by atoms with Gasteiger partial charge in [-0.05, 0) is 69.3 Å². The van der Waals surface area contributed by atoms with Crippen molar-refractivity contribution in [1.82, 2.24) is 15.1 Å². The zero-order chi connectivity index (χ0) is 20.9. The van der Waals surface area contributed by atoms with Crippen molar-refractivity contribution in [2.75, 3.05) is 33.9 Å². The van der Waals surface area contributed by atoms with Gasteiger partial charge in [0.05, 0.1) is 19.8 Å². The van der Waals surface area contributed by atoms with E-state index in [1.165, 1.54) is 54.7 Å². The Labute approximate surface area is 180 Å². The van der Waals surface area contributed by atoms with Crippen molar-refractivity contribution in [2.45, 2.75) is 64.0 Å². The Morgan fingerprint density at radius 1 is 1.13 bits per heavy atom. The van der Waals surface area contributed by atoms with Crippen molar-refractivity contribution in [3.63, 3.8) is 0 Å². The summed E-state index contributed by atoms with van der Waals surface area (Å²) in [6.45, 7) is 8.79. The fourth-order valence-electron chi connectivity index (χ4n) is 6.12. The molecule has 162 valence electrons. The maximum absolute atomic E-state index is 5.83. The molecule has 1 aromatic rings.